The molecule has 0 spiro atoms. The van der Waals surface area contributed by atoms with Crippen LogP contribution < -0.4 is 0 Å². The van der Waals surface area contributed by atoms with Gasteiger partial charge in [-0.15, -0.1) is 0 Å². The van der Waals surface area contributed by atoms with Crippen LogP contribution in [0.15, 0.2) is 34.3 Å². The van der Waals surface area contributed by atoms with Gasteiger partial charge >= 0.3 is 0 Å². The highest BCUT2D eigenvalue weighted by Crippen LogP contribution is 2.43. The molecule has 3 nitrogen and oxygen atoms in total. The molecule has 2 unspecified atom stereocenters. The number of fused-ring (bicyclic) bond motifs is 1. The molecule has 0 N–H and O–H groups in total. The van der Waals surface area contributed by atoms with E-state index in [2.05, 4.69) is 20.8 Å². The fourth-order valence-corrected chi connectivity index (χ4v) is 5.16. The van der Waals surface area contributed by atoms with Crippen molar-refractivity contribution < 1.29 is 9.59 Å². The molecule has 1 aromatic rings. The van der Waals surface area contributed by atoms with E-state index in [1.54, 1.807) is 6.08 Å². The summed E-state index contributed by atoms with van der Waals surface area (Å²) in [6.45, 7) is 1.49. The Kier molecular flexibility index (Phi) is 4.63. The number of rotatable bonds is 4. The summed E-state index contributed by atoms with van der Waals surface area (Å²) in [6, 6.07) is 5.38. The van der Waals surface area contributed by atoms with E-state index in [0.29, 0.717) is 16.8 Å². The van der Waals surface area contributed by atoms with Crippen molar-refractivity contribution in [1.82, 2.24) is 4.90 Å². The Labute approximate surface area is 158 Å². The highest BCUT2D eigenvalue weighted by Gasteiger charge is 2.42. The van der Waals surface area contributed by atoms with Gasteiger partial charge in [0.25, 0.3) is 0 Å². The van der Waals surface area contributed by atoms with Gasteiger partial charge in [0.1, 0.15) is 0 Å². The maximum Gasteiger partial charge on any atom is 0.212 e. The van der Waals surface area contributed by atoms with E-state index in [9.17, 15) is 9.59 Å². The van der Waals surface area contributed by atoms with Crippen LogP contribution in [0.5, 0.6) is 0 Å². The van der Waals surface area contributed by atoms with E-state index in [1.165, 1.54) is 11.8 Å². The minimum atomic E-state index is -0.315. The summed E-state index contributed by atoms with van der Waals surface area (Å²) in [7, 11) is 0. The maximum atomic E-state index is 13.0. The van der Waals surface area contributed by atoms with Crippen LogP contribution >= 0.6 is 39.3 Å². The van der Waals surface area contributed by atoms with Crippen molar-refractivity contribution in [3.63, 3.8) is 0 Å². The molecule has 0 amide bonds. The Balaban J connectivity index is 1.68. The molecule has 6 heteroatoms. The van der Waals surface area contributed by atoms with E-state index in [0.717, 1.165) is 41.4 Å². The molecule has 0 bridgehead atoms. The fourth-order valence-electron chi connectivity index (χ4n) is 3.55. The van der Waals surface area contributed by atoms with E-state index in [4.69, 9.17) is 11.6 Å². The number of hydrogen-bond acceptors (Lipinski definition) is 4. The molecule has 2 heterocycles. The van der Waals surface area contributed by atoms with Gasteiger partial charge in [0.2, 0.25) is 5.12 Å². The number of nitrogens with zero attached hydrogens (tertiary/aromatic N) is 1. The van der Waals surface area contributed by atoms with Crippen molar-refractivity contribution in [3.8, 4) is 0 Å². The maximum absolute atomic E-state index is 13.0. The van der Waals surface area contributed by atoms with Crippen LogP contribution in [0.2, 0.25) is 5.02 Å². The van der Waals surface area contributed by atoms with Crippen molar-refractivity contribution in [3.05, 3.63) is 44.9 Å². The van der Waals surface area contributed by atoms with Crippen LogP contribution in [0, 0.1) is 5.92 Å². The highest BCUT2D eigenvalue weighted by molar-refractivity contribution is 9.10. The van der Waals surface area contributed by atoms with Gasteiger partial charge < -0.3 is 0 Å². The molecule has 3 aliphatic rings. The zero-order valence-electron chi connectivity index (χ0n) is 13.0. The molecule has 2 atom stereocenters. The Morgan fingerprint density at radius 3 is 2.88 bits per heavy atom. The zero-order valence-corrected chi connectivity index (χ0v) is 16.2. The first-order chi connectivity index (χ1) is 11.5. The van der Waals surface area contributed by atoms with Crippen molar-refractivity contribution in [1.29, 1.82) is 0 Å². The van der Waals surface area contributed by atoms with Gasteiger partial charge in [0.05, 0.1) is 6.04 Å². The Morgan fingerprint density at radius 1 is 1.33 bits per heavy atom. The van der Waals surface area contributed by atoms with Crippen molar-refractivity contribution >= 4 is 50.2 Å². The third kappa shape index (κ3) is 3.24. The molecule has 0 radical (unpaired) electrons. The van der Waals surface area contributed by atoms with E-state index >= 15 is 0 Å². The normalized spacial score (nSPS) is 25.3. The second kappa shape index (κ2) is 6.60. The Bertz CT molecular complexity index is 747. The molecular formula is C18H17BrClNO2S. The predicted octanol–water partition coefficient (Wildman–Crippen LogP) is 4.40. The largest absolute Gasteiger partial charge is 0.297 e. The standard InChI is InChI=1S/C18H17BrClNO2S/c19-12-3-4-14(20)13(8-12)17(18(23)10-1-2-10)21-6-5-15-11(9-21)7-16(22)24-15/h3-4,7-8,10,15,17H,1-2,5-6,9H2. The summed E-state index contributed by atoms with van der Waals surface area (Å²) in [5.74, 6) is 0.433. The van der Waals surface area contributed by atoms with Crippen LogP contribution in [0.25, 0.3) is 0 Å². The van der Waals surface area contributed by atoms with Crippen LogP contribution in [0.1, 0.15) is 30.9 Å². The first kappa shape index (κ1) is 16.8. The predicted molar refractivity (Wildman–Crippen MR) is 100 cm³/mol. The third-order valence-corrected chi connectivity index (χ3v) is 6.92. The van der Waals surface area contributed by atoms with Crippen LogP contribution in [0.4, 0.5) is 0 Å². The number of hydrogen-bond donors (Lipinski definition) is 0. The number of benzene rings is 1. The summed E-state index contributed by atoms with van der Waals surface area (Å²) in [6.07, 6.45) is 4.62. The molecule has 2 fully saturated rings. The van der Waals surface area contributed by atoms with Crippen molar-refractivity contribution in [2.45, 2.75) is 30.6 Å². The molecule has 24 heavy (non-hydrogen) atoms. The topological polar surface area (TPSA) is 37.4 Å². The minimum absolute atomic E-state index is 0.141. The number of piperidine rings is 1. The lowest BCUT2D eigenvalue weighted by molar-refractivity contribution is -0.125. The lowest BCUT2D eigenvalue weighted by atomic mass is 9.94. The van der Waals surface area contributed by atoms with Crippen LogP contribution in [-0.2, 0) is 9.59 Å². The summed E-state index contributed by atoms with van der Waals surface area (Å²) >= 11 is 11.4. The number of likely N-dealkylation sites (tertiary alicyclic amines) is 1. The molecule has 1 aromatic carbocycles. The molecule has 0 aromatic heterocycles. The third-order valence-electron chi connectivity index (χ3n) is 4.91. The minimum Gasteiger partial charge on any atom is -0.297 e. The van der Waals surface area contributed by atoms with Gasteiger partial charge in [-0.2, -0.15) is 0 Å². The summed E-state index contributed by atoms with van der Waals surface area (Å²) in [5, 5.41) is 1.07. The Morgan fingerprint density at radius 2 is 2.12 bits per heavy atom. The van der Waals surface area contributed by atoms with Gasteiger partial charge in [0, 0.05) is 33.8 Å². The quantitative estimate of drug-likeness (QED) is 0.715. The van der Waals surface area contributed by atoms with E-state index in [1.807, 2.05) is 18.2 Å². The fraction of sp³-hybridized carbons (Fsp3) is 0.444. The zero-order chi connectivity index (χ0) is 16.8. The van der Waals surface area contributed by atoms with Gasteiger partial charge in [-0.1, -0.05) is 39.3 Å². The molecule has 1 saturated heterocycles. The lowest BCUT2D eigenvalue weighted by Gasteiger charge is -2.37. The smallest absolute Gasteiger partial charge is 0.212 e. The molecule has 126 valence electrons. The number of thioether (sulfide) groups is 1. The van der Waals surface area contributed by atoms with Crippen LogP contribution in [0.3, 0.4) is 0 Å². The summed E-state index contributed by atoms with van der Waals surface area (Å²) < 4.78 is 0.927. The Hall–Kier alpha value is -0.620. The van der Waals surface area contributed by atoms with E-state index < -0.39 is 0 Å². The second-order valence-corrected chi connectivity index (χ2v) is 9.18. The van der Waals surface area contributed by atoms with Gasteiger partial charge in [-0.05, 0) is 54.7 Å². The number of halogens is 2. The molecular weight excluding hydrogens is 410 g/mol. The monoisotopic (exact) mass is 425 g/mol. The molecule has 4 rings (SSSR count). The van der Waals surface area contributed by atoms with Crippen molar-refractivity contribution in [2.75, 3.05) is 13.1 Å². The lowest BCUT2D eigenvalue weighted by Crippen LogP contribution is -2.42. The summed E-state index contributed by atoms with van der Waals surface area (Å²) in [4.78, 5) is 26.9. The number of carbonyl (C=O) groups excluding carboxylic acids is 2. The average molecular weight is 427 g/mol. The van der Waals surface area contributed by atoms with Crippen LogP contribution in [-0.4, -0.2) is 34.1 Å². The molecule has 2 aliphatic heterocycles. The first-order valence-corrected chi connectivity index (χ1v) is 10.2. The first-order valence-electron chi connectivity index (χ1n) is 8.17. The van der Waals surface area contributed by atoms with Crippen molar-refractivity contribution in [2.24, 2.45) is 5.92 Å². The van der Waals surface area contributed by atoms with Gasteiger partial charge in [0.15, 0.2) is 5.78 Å². The molecule has 1 saturated carbocycles. The number of carbonyl (C=O) groups is 2. The average Bonchev–Trinajstić information content (AvgIpc) is 3.32. The number of ketones is 1. The van der Waals surface area contributed by atoms with Gasteiger partial charge in [-0.25, -0.2) is 0 Å². The number of Topliss-reactive ketones (excluding diaryl/α,β-unsaturated/α-hetero) is 1. The SMILES string of the molecule is O=C1C=C2CN(C(C(=O)C3CC3)c3cc(Br)ccc3Cl)CCC2S1. The highest BCUT2D eigenvalue weighted by atomic mass is 79.9. The molecule has 1 aliphatic carbocycles. The van der Waals surface area contributed by atoms with E-state index in [-0.39, 0.29) is 22.9 Å². The summed E-state index contributed by atoms with van der Waals surface area (Å²) in [5.41, 5.74) is 2.02. The second-order valence-electron chi connectivity index (χ2n) is 6.65. The van der Waals surface area contributed by atoms with Gasteiger partial charge in [-0.3, -0.25) is 14.5 Å².